The molecule has 0 amide bonds. The van der Waals surface area contributed by atoms with Crippen LogP contribution in [0.2, 0.25) is 0 Å². The fraction of sp³-hybridized carbons (Fsp3) is 0.917. The van der Waals surface area contributed by atoms with Crippen molar-refractivity contribution in [2.45, 2.75) is 64.6 Å². The molecule has 0 aromatic rings. The first kappa shape index (κ1) is 12.5. The highest BCUT2D eigenvalue weighted by atomic mass is 16.6. The van der Waals surface area contributed by atoms with Gasteiger partial charge < -0.3 is 9.84 Å². The second kappa shape index (κ2) is 4.97. The van der Waals surface area contributed by atoms with E-state index in [1.807, 2.05) is 20.8 Å². The first-order chi connectivity index (χ1) is 6.87. The van der Waals surface area contributed by atoms with E-state index in [1.165, 1.54) is 0 Å². The molecule has 1 aliphatic rings. The molecule has 0 saturated heterocycles. The van der Waals surface area contributed by atoms with Crippen LogP contribution in [0.4, 0.5) is 0 Å². The maximum atomic E-state index is 11.5. The summed E-state index contributed by atoms with van der Waals surface area (Å²) in [6.07, 6.45) is 3.93. The Bertz CT molecular complexity index is 217. The van der Waals surface area contributed by atoms with Crippen LogP contribution in [0.15, 0.2) is 0 Å². The summed E-state index contributed by atoms with van der Waals surface area (Å²) in [6.45, 7) is 5.63. The van der Waals surface area contributed by atoms with Crippen molar-refractivity contribution in [3.05, 3.63) is 0 Å². The van der Waals surface area contributed by atoms with Crippen LogP contribution in [0.1, 0.15) is 52.9 Å². The molecule has 3 heteroatoms. The monoisotopic (exact) mass is 214 g/mol. The quantitative estimate of drug-likeness (QED) is 0.717. The van der Waals surface area contributed by atoms with E-state index in [0.717, 1.165) is 25.7 Å². The van der Waals surface area contributed by atoms with Gasteiger partial charge in [-0.1, -0.05) is 6.42 Å². The van der Waals surface area contributed by atoms with Crippen LogP contribution in [0, 0.1) is 5.92 Å². The fourth-order valence-corrected chi connectivity index (χ4v) is 2.07. The van der Waals surface area contributed by atoms with Crippen LogP contribution in [0.5, 0.6) is 0 Å². The summed E-state index contributed by atoms with van der Waals surface area (Å²) >= 11 is 0. The summed E-state index contributed by atoms with van der Waals surface area (Å²) in [6, 6.07) is 0. The van der Waals surface area contributed by atoms with E-state index < -0.39 is 5.60 Å². The Morgan fingerprint density at radius 3 is 2.60 bits per heavy atom. The van der Waals surface area contributed by atoms with E-state index in [2.05, 4.69) is 0 Å². The Labute approximate surface area is 91.8 Å². The van der Waals surface area contributed by atoms with Crippen molar-refractivity contribution in [1.82, 2.24) is 0 Å². The van der Waals surface area contributed by atoms with Gasteiger partial charge in [0.2, 0.25) is 0 Å². The topological polar surface area (TPSA) is 46.5 Å². The highest BCUT2D eigenvalue weighted by Gasteiger charge is 2.25. The molecule has 2 atom stereocenters. The van der Waals surface area contributed by atoms with Gasteiger partial charge in [0.05, 0.1) is 6.10 Å². The van der Waals surface area contributed by atoms with Gasteiger partial charge in [0.1, 0.15) is 5.60 Å². The lowest BCUT2D eigenvalue weighted by Gasteiger charge is -2.26. The van der Waals surface area contributed by atoms with Gasteiger partial charge in [-0.2, -0.15) is 0 Å². The van der Waals surface area contributed by atoms with Gasteiger partial charge in [-0.25, -0.2) is 0 Å². The first-order valence-corrected chi connectivity index (χ1v) is 5.77. The molecule has 1 saturated carbocycles. The zero-order chi connectivity index (χ0) is 11.5. The number of carbonyl (C=O) groups excluding carboxylic acids is 1. The van der Waals surface area contributed by atoms with Gasteiger partial charge in [0, 0.05) is 6.42 Å². The lowest BCUT2D eigenvalue weighted by atomic mass is 9.85. The smallest absolute Gasteiger partial charge is 0.306 e. The Balaban J connectivity index is 2.31. The molecule has 0 radical (unpaired) electrons. The fourth-order valence-electron chi connectivity index (χ4n) is 2.07. The predicted octanol–water partition coefficient (Wildman–Crippen LogP) is 2.27. The standard InChI is InChI=1S/C12H22O3/c1-12(2,3)15-11(14)8-9-5-4-6-10(13)7-9/h9-10,13H,4-8H2,1-3H3/t9-,10?/m0/s1. The lowest BCUT2D eigenvalue weighted by molar-refractivity contribution is -0.156. The molecule has 0 aromatic heterocycles. The number of rotatable bonds is 2. The molecule has 1 fully saturated rings. The zero-order valence-electron chi connectivity index (χ0n) is 9.95. The predicted molar refractivity (Wildman–Crippen MR) is 58.4 cm³/mol. The minimum Gasteiger partial charge on any atom is -0.460 e. The summed E-state index contributed by atoms with van der Waals surface area (Å²) in [5.74, 6) is 0.171. The third kappa shape index (κ3) is 5.17. The van der Waals surface area contributed by atoms with Gasteiger partial charge in [0.25, 0.3) is 0 Å². The molecule has 0 aromatic carbocycles. The summed E-state index contributed by atoms with van der Waals surface area (Å²) < 4.78 is 5.26. The number of hydrogen-bond donors (Lipinski definition) is 1. The number of carbonyl (C=O) groups is 1. The number of hydrogen-bond acceptors (Lipinski definition) is 3. The van der Waals surface area contributed by atoms with E-state index in [0.29, 0.717) is 12.3 Å². The molecule has 1 aliphatic carbocycles. The third-order valence-corrected chi connectivity index (χ3v) is 2.63. The Kier molecular flexibility index (Phi) is 4.14. The highest BCUT2D eigenvalue weighted by Crippen LogP contribution is 2.27. The SMILES string of the molecule is CC(C)(C)OC(=O)C[C@H]1CCCC(O)C1. The lowest BCUT2D eigenvalue weighted by Crippen LogP contribution is -2.27. The maximum absolute atomic E-state index is 11.5. The van der Waals surface area contributed by atoms with Crippen molar-refractivity contribution in [1.29, 1.82) is 0 Å². The number of ether oxygens (including phenoxy) is 1. The first-order valence-electron chi connectivity index (χ1n) is 5.77. The van der Waals surface area contributed by atoms with Crippen LogP contribution in [-0.4, -0.2) is 22.8 Å². The molecule has 0 bridgehead atoms. The normalized spacial score (nSPS) is 27.5. The van der Waals surface area contributed by atoms with Crippen LogP contribution in [0.25, 0.3) is 0 Å². The van der Waals surface area contributed by atoms with Crippen LogP contribution >= 0.6 is 0 Å². The van der Waals surface area contributed by atoms with Gasteiger partial charge in [-0.05, 0) is 46.0 Å². The van der Waals surface area contributed by atoms with E-state index in [-0.39, 0.29) is 12.1 Å². The third-order valence-electron chi connectivity index (χ3n) is 2.63. The van der Waals surface area contributed by atoms with Crippen molar-refractivity contribution in [2.75, 3.05) is 0 Å². The molecular formula is C12H22O3. The Morgan fingerprint density at radius 2 is 2.07 bits per heavy atom. The van der Waals surface area contributed by atoms with Crippen LogP contribution in [0.3, 0.4) is 0 Å². The molecule has 88 valence electrons. The number of aliphatic hydroxyl groups is 1. The van der Waals surface area contributed by atoms with Crippen molar-refractivity contribution >= 4 is 5.97 Å². The number of aliphatic hydroxyl groups excluding tert-OH is 1. The van der Waals surface area contributed by atoms with Gasteiger partial charge in [-0.15, -0.1) is 0 Å². The molecular weight excluding hydrogens is 192 g/mol. The molecule has 0 heterocycles. The van der Waals surface area contributed by atoms with Crippen LogP contribution < -0.4 is 0 Å². The molecule has 1 rings (SSSR count). The van der Waals surface area contributed by atoms with Crippen molar-refractivity contribution in [3.8, 4) is 0 Å². The van der Waals surface area contributed by atoms with Crippen molar-refractivity contribution in [2.24, 2.45) is 5.92 Å². The average Bonchev–Trinajstić information content (AvgIpc) is 1.99. The van der Waals surface area contributed by atoms with Gasteiger partial charge >= 0.3 is 5.97 Å². The van der Waals surface area contributed by atoms with E-state index in [1.54, 1.807) is 0 Å². The van der Waals surface area contributed by atoms with Crippen LogP contribution in [-0.2, 0) is 9.53 Å². The summed E-state index contributed by atoms with van der Waals surface area (Å²) in [4.78, 5) is 11.5. The summed E-state index contributed by atoms with van der Waals surface area (Å²) in [5, 5.41) is 9.47. The Morgan fingerprint density at radius 1 is 1.40 bits per heavy atom. The second-order valence-corrected chi connectivity index (χ2v) is 5.48. The summed E-state index contributed by atoms with van der Waals surface area (Å²) in [5.41, 5.74) is -0.398. The largest absolute Gasteiger partial charge is 0.460 e. The van der Waals surface area contributed by atoms with E-state index in [9.17, 15) is 9.90 Å². The number of esters is 1. The molecule has 0 aliphatic heterocycles. The zero-order valence-corrected chi connectivity index (χ0v) is 9.95. The Hall–Kier alpha value is -0.570. The molecule has 0 spiro atoms. The average molecular weight is 214 g/mol. The van der Waals surface area contributed by atoms with E-state index >= 15 is 0 Å². The van der Waals surface area contributed by atoms with E-state index in [4.69, 9.17) is 4.74 Å². The molecule has 3 nitrogen and oxygen atoms in total. The van der Waals surface area contributed by atoms with Gasteiger partial charge in [-0.3, -0.25) is 4.79 Å². The van der Waals surface area contributed by atoms with Gasteiger partial charge in [0.15, 0.2) is 0 Å². The second-order valence-electron chi connectivity index (χ2n) is 5.48. The van der Waals surface area contributed by atoms with Crippen molar-refractivity contribution < 1.29 is 14.6 Å². The van der Waals surface area contributed by atoms with Crippen molar-refractivity contribution in [3.63, 3.8) is 0 Å². The maximum Gasteiger partial charge on any atom is 0.306 e. The molecule has 1 unspecified atom stereocenters. The minimum atomic E-state index is -0.398. The molecule has 1 N–H and O–H groups in total. The minimum absolute atomic E-state index is 0.137. The molecule has 15 heavy (non-hydrogen) atoms. The summed E-state index contributed by atoms with van der Waals surface area (Å²) in [7, 11) is 0. The highest BCUT2D eigenvalue weighted by molar-refractivity contribution is 5.70.